The smallest absolute Gasteiger partial charge is 0.248 e. The minimum atomic E-state index is -0.132. The van der Waals surface area contributed by atoms with Crippen molar-refractivity contribution in [3.63, 3.8) is 0 Å². The Labute approximate surface area is 139 Å². The van der Waals surface area contributed by atoms with E-state index in [-0.39, 0.29) is 5.91 Å². The third kappa shape index (κ3) is 3.73. The number of nitrogens with zero attached hydrogens (tertiary/aromatic N) is 1. The monoisotopic (exact) mass is 320 g/mol. The minimum Gasteiger partial charge on any atom is -0.323 e. The van der Waals surface area contributed by atoms with Crippen LogP contribution in [-0.2, 0) is 4.79 Å². The maximum atomic E-state index is 11.6. The Hall–Kier alpha value is -2.72. The average molecular weight is 320 g/mol. The zero-order valence-corrected chi connectivity index (χ0v) is 13.5. The lowest BCUT2D eigenvalue weighted by Crippen LogP contribution is -2.07. The van der Waals surface area contributed by atoms with Gasteiger partial charge < -0.3 is 5.32 Å². The maximum absolute atomic E-state index is 11.6. The molecule has 1 aromatic heterocycles. The highest BCUT2D eigenvalue weighted by molar-refractivity contribution is 7.13. The molecule has 0 unspecified atom stereocenters. The van der Waals surface area contributed by atoms with Crippen molar-refractivity contribution in [3.05, 3.63) is 72.1 Å². The second-order valence-corrected chi connectivity index (χ2v) is 5.83. The molecule has 0 aliphatic heterocycles. The number of hydrogen-bond donors (Lipinski definition) is 1. The van der Waals surface area contributed by atoms with Crippen molar-refractivity contribution >= 4 is 22.9 Å². The zero-order valence-electron chi connectivity index (χ0n) is 12.7. The molecule has 23 heavy (non-hydrogen) atoms. The molecule has 0 fully saturated rings. The van der Waals surface area contributed by atoms with Gasteiger partial charge in [0.05, 0.1) is 5.69 Å². The molecule has 3 nitrogen and oxygen atoms in total. The van der Waals surface area contributed by atoms with Crippen LogP contribution in [-0.4, -0.2) is 10.9 Å². The highest BCUT2D eigenvalue weighted by atomic mass is 32.1. The first kappa shape index (κ1) is 15.2. The first-order chi connectivity index (χ1) is 11.3. The summed E-state index contributed by atoms with van der Waals surface area (Å²) in [6.45, 7) is 1.82. The van der Waals surface area contributed by atoms with Gasteiger partial charge in [0.25, 0.3) is 0 Å². The second kappa shape index (κ2) is 7.03. The number of amides is 1. The molecule has 0 aliphatic carbocycles. The Balaban J connectivity index is 1.85. The quantitative estimate of drug-likeness (QED) is 0.688. The number of allylic oxidation sites excluding steroid dienone is 1. The molecule has 1 heterocycles. The summed E-state index contributed by atoms with van der Waals surface area (Å²) >= 11 is 1.62. The van der Waals surface area contributed by atoms with Gasteiger partial charge in [0.2, 0.25) is 5.91 Å². The molecule has 3 rings (SSSR count). The molecule has 3 aromatic rings. The number of anilines is 1. The SMILES string of the molecule is C/C=C/C(=O)Nc1cccc(-c2csc(-c3ccccc3)n2)c1. The molecule has 114 valence electrons. The number of aromatic nitrogens is 1. The Morgan fingerprint density at radius 3 is 2.65 bits per heavy atom. The Bertz CT molecular complexity index is 837. The molecule has 0 atom stereocenters. The molecule has 0 aliphatic rings. The molecular formula is C19H16N2OS. The normalized spacial score (nSPS) is 10.8. The van der Waals surface area contributed by atoms with E-state index in [1.54, 1.807) is 17.4 Å². The number of hydrogen-bond acceptors (Lipinski definition) is 3. The van der Waals surface area contributed by atoms with Gasteiger partial charge in [-0.15, -0.1) is 11.3 Å². The van der Waals surface area contributed by atoms with E-state index in [0.717, 1.165) is 27.5 Å². The van der Waals surface area contributed by atoms with Crippen LogP contribution in [0, 0.1) is 0 Å². The molecule has 0 bridgehead atoms. The molecule has 4 heteroatoms. The van der Waals surface area contributed by atoms with Crippen LogP contribution in [0.15, 0.2) is 72.1 Å². The van der Waals surface area contributed by atoms with E-state index in [4.69, 9.17) is 4.98 Å². The number of nitrogens with one attached hydrogen (secondary N) is 1. The van der Waals surface area contributed by atoms with Gasteiger partial charge in [0, 0.05) is 22.2 Å². The summed E-state index contributed by atoms with van der Waals surface area (Å²) in [5.74, 6) is -0.132. The predicted molar refractivity (Wildman–Crippen MR) is 96.4 cm³/mol. The first-order valence-corrected chi connectivity index (χ1v) is 8.19. The van der Waals surface area contributed by atoms with E-state index >= 15 is 0 Å². The van der Waals surface area contributed by atoms with Crippen LogP contribution in [0.4, 0.5) is 5.69 Å². The van der Waals surface area contributed by atoms with Gasteiger partial charge in [-0.2, -0.15) is 0 Å². The van der Waals surface area contributed by atoms with E-state index in [1.807, 2.05) is 54.8 Å². The van der Waals surface area contributed by atoms with E-state index < -0.39 is 0 Å². The van der Waals surface area contributed by atoms with Gasteiger partial charge in [-0.3, -0.25) is 4.79 Å². The number of carbonyl (C=O) groups excluding carboxylic acids is 1. The molecule has 0 saturated heterocycles. The Morgan fingerprint density at radius 2 is 1.87 bits per heavy atom. The van der Waals surface area contributed by atoms with Crippen molar-refractivity contribution in [2.45, 2.75) is 6.92 Å². The van der Waals surface area contributed by atoms with Crippen LogP contribution in [0.2, 0.25) is 0 Å². The summed E-state index contributed by atoms with van der Waals surface area (Å²) in [5, 5.41) is 5.87. The fourth-order valence-corrected chi connectivity index (χ4v) is 3.05. The number of benzene rings is 2. The van der Waals surface area contributed by atoms with E-state index in [0.29, 0.717) is 0 Å². The number of carbonyl (C=O) groups is 1. The molecule has 0 saturated carbocycles. The summed E-state index contributed by atoms with van der Waals surface area (Å²) < 4.78 is 0. The van der Waals surface area contributed by atoms with Gasteiger partial charge in [0.15, 0.2) is 0 Å². The third-order valence-electron chi connectivity index (χ3n) is 3.27. The molecule has 1 N–H and O–H groups in total. The summed E-state index contributed by atoms with van der Waals surface area (Å²) in [4.78, 5) is 16.3. The highest BCUT2D eigenvalue weighted by Gasteiger charge is 2.07. The van der Waals surface area contributed by atoms with Crippen LogP contribution < -0.4 is 5.32 Å². The van der Waals surface area contributed by atoms with Gasteiger partial charge in [-0.05, 0) is 25.1 Å². The van der Waals surface area contributed by atoms with Gasteiger partial charge in [-0.25, -0.2) is 4.98 Å². The van der Waals surface area contributed by atoms with Crippen LogP contribution in [0.1, 0.15) is 6.92 Å². The number of thiazole rings is 1. The van der Waals surface area contributed by atoms with Crippen LogP contribution in [0.25, 0.3) is 21.8 Å². The summed E-state index contributed by atoms with van der Waals surface area (Å²) in [6.07, 6.45) is 3.22. The summed E-state index contributed by atoms with van der Waals surface area (Å²) in [7, 11) is 0. The lowest BCUT2D eigenvalue weighted by molar-refractivity contribution is -0.111. The highest BCUT2D eigenvalue weighted by Crippen LogP contribution is 2.29. The van der Waals surface area contributed by atoms with Crippen molar-refractivity contribution in [2.24, 2.45) is 0 Å². The van der Waals surface area contributed by atoms with Crippen molar-refractivity contribution in [3.8, 4) is 21.8 Å². The first-order valence-electron chi connectivity index (χ1n) is 7.31. The minimum absolute atomic E-state index is 0.132. The third-order valence-corrected chi connectivity index (χ3v) is 4.16. The second-order valence-electron chi connectivity index (χ2n) is 4.97. The molecule has 2 aromatic carbocycles. The van der Waals surface area contributed by atoms with E-state index in [9.17, 15) is 4.79 Å². The number of rotatable bonds is 4. The Kier molecular flexibility index (Phi) is 4.64. The van der Waals surface area contributed by atoms with Crippen LogP contribution in [0.3, 0.4) is 0 Å². The van der Waals surface area contributed by atoms with Gasteiger partial charge >= 0.3 is 0 Å². The van der Waals surface area contributed by atoms with Crippen molar-refractivity contribution in [1.29, 1.82) is 0 Å². The molecule has 0 spiro atoms. The van der Waals surface area contributed by atoms with Crippen LogP contribution in [0.5, 0.6) is 0 Å². The largest absolute Gasteiger partial charge is 0.323 e. The predicted octanol–water partition coefficient (Wildman–Crippen LogP) is 4.99. The molecular weight excluding hydrogens is 304 g/mol. The van der Waals surface area contributed by atoms with E-state index in [1.165, 1.54) is 6.08 Å². The topological polar surface area (TPSA) is 42.0 Å². The maximum Gasteiger partial charge on any atom is 0.248 e. The lowest BCUT2D eigenvalue weighted by atomic mass is 10.1. The summed E-state index contributed by atoms with van der Waals surface area (Å²) in [5.41, 5.74) is 3.78. The standard InChI is InChI=1S/C19H16N2OS/c1-2-7-18(22)20-16-11-6-10-15(12-16)17-13-23-19(21-17)14-8-4-3-5-9-14/h2-13H,1H3,(H,20,22)/b7-2+. The van der Waals surface area contributed by atoms with Crippen LogP contribution >= 0.6 is 11.3 Å². The molecule has 0 radical (unpaired) electrons. The molecule has 1 amide bonds. The zero-order chi connectivity index (χ0) is 16.1. The fourth-order valence-electron chi connectivity index (χ4n) is 2.21. The van der Waals surface area contributed by atoms with Gasteiger partial charge in [0.1, 0.15) is 5.01 Å². The van der Waals surface area contributed by atoms with Gasteiger partial charge in [-0.1, -0.05) is 48.5 Å². The van der Waals surface area contributed by atoms with Crippen molar-refractivity contribution in [2.75, 3.05) is 5.32 Å². The van der Waals surface area contributed by atoms with Crippen molar-refractivity contribution < 1.29 is 4.79 Å². The lowest BCUT2D eigenvalue weighted by Gasteiger charge is -2.04. The Morgan fingerprint density at radius 1 is 1.09 bits per heavy atom. The van der Waals surface area contributed by atoms with Crippen molar-refractivity contribution in [1.82, 2.24) is 4.98 Å². The fraction of sp³-hybridized carbons (Fsp3) is 0.0526. The summed E-state index contributed by atoms with van der Waals surface area (Å²) in [6, 6.07) is 17.8. The average Bonchev–Trinajstić information content (AvgIpc) is 3.06. The van der Waals surface area contributed by atoms with E-state index in [2.05, 4.69) is 17.4 Å².